The lowest BCUT2D eigenvalue weighted by Gasteiger charge is -2.34. The number of hydrogen-bond donors (Lipinski definition) is 1. The Bertz CT molecular complexity index is 381. The molecule has 19 heavy (non-hydrogen) atoms. The van der Waals surface area contributed by atoms with E-state index in [4.69, 9.17) is 4.74 Å². The van der Waals surface area contributed by atoms with E-state index < -0.39 is 12.1 Å². The van der Waals surface area contributed by atoms with E-state index >= 15 is 0 Å². The quantitative estimate of drug-likeness (QED) is 0.472. The van der Waals surface area contributed by atoms with Gasteiger partial charge in [0.05, 0.1) is 12.2 Å². The Labute approximate surface area is 116 Å². The normalized spacial score (nSPS) is 26.8. The van der Waals surface area contributed by atoms with E-state index in [0.717, 1.165) is 12.8 Å². The first-order chi connectivity index (χ1) is 8.73. The van der Waals surface area contributed by atoms with Crippen LogP contribution in [0.25, 0.3) is 0 Å². The van der Waals surface area contributed by atoms with E-state index in [1.165, 1.54) is 0 Å². The van der Waals surface area contributed by atoms with Gasteiger partial charge >= 0.3 is 5.97 Å². The van der Waals surface area contributed by atoms with Gasteiger partial charge in [0.25, 0.3) is 0 Å². The summed E-state index contributed by atoms with van der Waals surface area (Å²) in [5.41, 5.74) is 0.863. The Balaban J connectivity index is 2.78. The molecule has 0 bridgehead atoms. The van der Waals surface area contributed by atoms with E-state index in [9.17, 15) is 9.90 Å². The lowest BCUT2D eigenvalue weighted by atomic mass is 9.72. The minimum Gasteiger partial charge on any atom is -0.463 e. The zero-order valence-corrected chi connectivity index (χ0v) is 12.5. The van der Waals surface area contributed by atoms with Crippen LogP contribution in [0.1, 0.15) is 40.5 Å². The third kappa shape index (κ3) is 3.08. The second kappa shape index (κ2) is 5.91. The Kier molecular flexibility index (Phi) is 4.97. The minimum atomic E-state index is -1.01. The number of aliphatic hydroxyl groups excluding tert-OH is 1. The van der Waals surface area contributed by atoms with Crippen molar-refractivity contribution in [3.05, 3.63) is 24.3 Å². The molecule has 1 aliphatic rings. The third-order valence-corrected chi connectivity index (χ3v) is 4.72. The minimum absolute atomic E-state index is 0.0854. The molecule has 1 saturated carbocycles. The van der Waals surface area contributed by atoms with Crippen molar-refractivity contribution in [1.29, 1.82) is 0 Å². The van der Waals surface area contributed by atoms with Crippen molar-refractivity contribution in [2.75, 3.05) is 6.61 Å². The smallest absolute Gasteiger partial charge is 0.336 e. The number of esters is 1. The van der Waals surface area contributed by atoms with Crippen molar-refractivity contribution in [1.82, 2.24) is 0 Å². The standard InChI is InChI=1S/C16H26O3/c1-7-19-15(18)12(4)14(17)11(3)13-9-8-10(2)16(13,5)6/h10,13-14,17H,3-4,7-9H2,1-2,5-6H3. The van der Waals surface area contributed by atoms with E-state index in [2.05, 4.69) is 33.9 Å². The Morgan fingerprint density at radius 2 is 2.00 bits per heavy atom. The molecular weight excluding hydrogens is 240 g/mol. The van der Waals surface area contributed by atoms with E-state index in [1.54, 1.807) is 6.92 Å². The first-order valence-electron chi connectivity index (χ1n) is 6.96. The number of ether oxygens (including phenoxy) is 1. The molecule has 0 saturated heterocycles. The molecule has 3 heteroatoms. The van der Waals surface area contributed by atoms with Gasteiger partial charge in [-0.2, -0.15) is 0 Å². The highest BCUT2D eigenvalue weighted by molar-refractivity contribution is 5.89. The molecule has 3 atom stereocenters. The summed E-state index contributed by atoms with van der Waals surface area (Å²) in [5, 5.41) is 10.3. The maximum atomic E-state index is 11.6. The van der Waals surface area contributed by atoms with Crippen LogP contribution in [0.5, 0.6) is 0 Å². The van der Waals surface area contributed by atoms with E-state index in [-0.39, 0.29) is 23.5 Å². The lowest BCUT2D eigenvalue weighted by Crippen LogP contribution is -2.31. The number of carbonyl (C=O) groups is 1. The van der Waals surface area contributed by atoms with Gasteiger partial charge in [-0.25, -0.2) is 4.79 Å². The molecule has 1 fully saturated rings. The second-order valence-electron chi connectivity index (χ2n) is 6.08. The van der Waals surface area contributed by atoms with Gasteiger partial charge in [0.2, 0.25) is 0 Å². The van der Waals surface area contributed by atoms with Crippen LogP contribution in [0.2, 0.25) is 0 Å². The molecule has 0 heterocycles. The molecule has 108 valence electrons. The molecule has 0 aromatic heterocycles. The molecule has 0 aromatic carbocycles. The number of hydrogen-bond acceptors (Lipinski definition) is 3. The molecule has 3 unspecified atom stereocenters. The summed E-state index contributed by atoms with van der Waals surface area (Å²) in [4.78, 5) is 11.6. The number of aliphatic hydroxyl groups is 1. The molecule has 3 nitrogen and oxygen atoms in total. The van der Waals surface area contributed by atoms with Crippen LogP contribution in [-0.2, 0) is 9.53 Å². The molecule has 0 radical (unpaired) electrons. The molecule has 0 spiro atoms. The molecular formula is C16H26O3. The molecule has 1 rings (SSSR count). The second-order valence-corrected chi connectivity index (χ2v) is 6.08. The first-order valence-corrected chi connectivity index (χ1v) is 6.96. The topological polar surface area (TPSA) is 46.5 Å². The van der Waals surface area contributed by atoms with E-state index in [0.29, 0.717) is 11.5 Å². The summed E-state index contributed by atoms with van der Waals surface area (Å²) in [7, 11) is 0. The van der Waals surface area contributed by atoms with Crippen molar-refractivity contribution in [2.45, 2.75) is 46.6 Å². The predicted molar refractivity (Wildman–Crippen MR) is 76.6 cm³/mol. The van der Waals surface area contributed by atoms with Crippen molar-refractivity contribution >= 4 is 5.97 Å². The van der Waals surface area contributed by atoms with Crippen molar-refractivity contribution < 1.29 is 14.6 Å². The van der Waals surface area contributed by atoms with Crippen LogP contribution in [0.15, 0.2) is 24.3 Å². The average Bonchev–Trinajstić information content (AvgIpc) is 2.62. The van der Waals surface area contributed by atoms with E-state index in [1.807, 2.05) is 0 Å². The predicted octanol–water partition coefficient (Wildman–Crippen LogP) is 3.10. The summed E-state index contributed by atoms with van der Waals surface area (Å²) in [5.74, 6) is 0.251. The van der Waals surface area contributed by atoms with Gasteiger partial charge in [-0.05, 0) is 42.6 Å². The SMILES string of the molecule is C=C(C(=O)OCC)C(O)C(=C)C1CCC(C)C1(C)C. The van der Waals surface area contributed by atoms with Crippen molar-refractivity contribution in [2.24, 2.45) is 17.3 Å². The molecule has 0 amide bonds. The van der Waals surface area contributed by atoms with Gasteiger partial charge < -0.3 is 9.84 Å². The summed E-state index contributed by atoms with van der Waals surface area (Å²) >= 11 is 0. The number of carbonyl (C=O) groups excluding carboxylic acids is 1. The maximum Gasteiger partial charge on any atom is 0.336 e. The Hall–Kier alpha value is -1.09. The van der Waals surface area contributed by atoms with Crippen LogP contribution >= 0.6 is 0 Å². The summed E-state index contributed by atoms with van der Waals surface area (Å²) < 4.78 is 4.87. The fourth-order valence-electron chi connectivity index (χ4n) is 2.92. The van der Waals surface area contributed by atoms with Crippen LogP contribution in [-0.4, -0.2) is 23.8 Å². The molecule has 1 N–H and O–H groups in total. The Morgan fingerprint density at radius 3 is 2.42 bits per heavy atom. The van der Waals surface area contributed by atoms with Crippen LogP contribution in [0.4, 0.5) is 0 Å². The number of rotatable bonds is 5. The monoisotopic (exact) mass is 266 g/mol. The fourth-order valence-corrected chi connectivity index (χ4v) is 2.92. The zero-order valence-electron chi connectivity index (χ0n) is 12.5. The van der Waals surface area contributed by atoms with Gasteiger partial charge in [-0.15, -0.1) is 0 Å². The summed E-state index contributed by atoms with van der Waals surface area (Å²) in [6.07, 6.45) is 1.11. The van der Waals surface area contributed by atoms with Crippen LogP contribution in [0.3, 0.4) is 0 Å². The first kappa shape index (κ1) is 16.0. The third-order valence-electron chi connectivity index (χ3n) is 4.72. The highest BCUT2D eigenvalue weighted by Gasteiger charge is 2.43. The Morgan fingerprint density at radius 1 is 1.42 bits per heavy atom. The van der Waals surface area contributed by atoms with Crippen LogP contribution < -0.4 is 0 Å². The largest absolute Gasteiger partial charge is 0.463 e. The molecule has 0 aromatic rings. The van der Waals surface area contributed by atoms with Gasteiger partial charge in [-0.3, -0.25) is 0 Å². The van der Waals surface area contributed by atoms with Gasteiger partial charge in [0.1, 0.15) is 6.10 Å². The fraction of sp³-hybridized carbons (Fsp3) is 0.688. The van der Waals surface area contributed by atoms with Crippen molar-refractivity contribution in [3.8, 4) is 0 Å². The highest BCUT2D eigenvalue weighted by Crippen LogP contribution is 2.50. The highest BCUT2D eigenvalue weighted by atomic mass is 16.5. The summed E-state index contributed by atoms with van der Waals surface area (Å²) in [6, 6.07) is 0. The maximum absolute atomic E-state index is 11.6. The van der Waals surface area contributed by atoms with Gasteiger partial charge in [-0.1, -0.05) is 33.9 Å². The molecule has 0 aliphatic heterocycles. The summed E-state index contributed by atoms with van der Waals surface area (Å²) in [6.45, 7) is 16.3. The van der Waals surface area contributed by atoms with Crippen molar-refractivity contribution in [3.63, 3.8) is 0 Å². The van der Waals surface area contributed by atoms with Crippen LogP contribution in [0, 0.1) is 17.3 Å². The lowest BCUT2D eigenvalue weighted by molar-refractivity contribution is -0.139. The van der Waals surface area contributed by atoms with Gasteiger partial charge in [0.15, 0.2) is 0 Å². The average molecular weight is 266 g/mol. The van der Waals surface area contributed by atoms with Gasteiger partial charge in [0, 0.05) is 0 Å². The zero-order chi connectivity index (χ0) is 14.8. The molecule has 1 aliphatic carbocycles.